The molecule has 5 nitrogen and oxygen atoms in total. The van der Waals surface area contributed by atoms with E-state index in [1.165, 1.54) is 6.21 Å². The molecule has 0 aliphatic carbocycles. The predicted octanol–water partition coefficient (Wildman–Crippen LogP) is 4.04. The van der Waals surface area contributed by atoms with Crippen molar-refractivity contribution >= 4 is 58.5 Å². The molecule has 2 rings (SSSR count). The maximum atomic E-state index is 11.8. The molecule has 0 fully saturated rings. The lowest BCUT2D eigenvalue weighted by molar-refractivity contribution is -0.136. The van der Waals surface area contributed by atoms with Gasteiger partial charge >= 0.3 is 11.8 Å². The maximum absolute atomic E-state index is 11.8. The van der Waals surface area contributed by atoms with E-state index in [-0.39, 0.29) is 0 Å². The van der Waals surface area contributed by atoms with Gasteiger partial charge in [0.1, 0.15) is 0 Å². The lowest BCUT2D eigenvalue weighted by Crippen LogP contribution is -2.32. The zero-order chi connectivity index (χ0) is 17.7. The van der Waals surface area contributed by atoms with Gasteiger partial charge in [-0.15, -0.1) is 0 Å². The van der Waals surface area contributed by atoms with Crippen molar-refractivity contribution < 1.29 is 9.59 Å². The Labute approximate surface area is 153 Å². The zero-order valence-corrected chi connectivity index (χ0v) is 14.7. The third kappa shape index (κ3) is 4.96. The standard InChI is InChI=1S/C16H12Cl3N3O2/c1-9-2-4-11(17)7-14(9)21-15(23)16(24)22-20-8-10-3-5-12(18)13(19)6-10/h2-8H,1H3,(H,21,23)(H,22,24). The zero-order valence-electron chi connectivity index (χ0n) is 12.4. The highest BCUT2D eigenvalue weighted by Gasteiger charge is 2.14. The largest absolute Gasteiger partial charge is 0.329 e. The Morgan fingerprint density at radius 2 is 1.75 bits per heavy atom. The van der Waals surface area contributed by atoms with Gasteiger partial charge in [-0.05, 0) is 42.3 Å². The van der Waals surface area contributed by atoms with Gasteiger partial charge in [0, 0.05) is 10.7 Å². The molecule has 2 amide bonds. The smallest absolute Gasteiger partial charge is 0.317 e. The normalized spacial score (nSPS) is 10.7. The summed E-state index contributed by atoms with van der Waals surface area (Å²) in [6.07, 6.45) is 1.35. The molecular formula is C16H12Cl3N3O2. The van der Waals surface area contributed by atoms with Gasteiger partial charge in [0.15, 0.2) is 0 Å². The number of nitrogens with one attached hydrogen (secondary N) is 2. The van der Waals surface area contributed by atoms with Gasteiger partial charge in [-0.25, -0.2) is 5.43 Å². The highest BCUT2D eigenvalue weighted by atomic mass is 35.5. The number of carbonyl (C=O) groups is 2. The number of hydrogen-bond donors (Lipinski definition) is 2. The molecule has 2 aromatic carbocycles. The van der Waals surface area contributed by atoms with Gasteiger partial charge in [-0.1, -0.05) is 46.9 Å². The lowest BCUT2D eigenvalue weighted by atomic mass is 10.2. The average Bonchev–Trinajstić information content (AvgIpc) is 2.54. The first-order chi connectivity index (χ1) is 11.4. The van der Waals surface area contributed by atoms with Gasteiger partial charge in [0.05, 0.1) is 16.3 Å². The second-order valence-electron chi connectivity index (χ2n) is 4.79. The molecule has 0 aliphatic rings. The molecule has 0 unspecified atom stereocenters. The molecule has 0 spiro atoms. The van der Waals surface area contributed by atoms with E-state index in [0.29, 0.717) is 26.3 Å². The van der Waals surface area contributed by atoms with Crippen molar-refractivity contribution in [2.45, 2.75) is 6.92 Å². The van der Waals surface area contributed by atoms with Crippen LogP contribution in [0.2, 0.25) is 15.1 Å². The summed E-state index contributed by atoms with van der Waals surface area (Å²) >= 11 is 17.5. The number of anilines is 1. The second-order valence-corrected chi connectivity index (χ2v) is 6.04. The van der Waals surface area contributed by atoms with E-state index in [0.717, 1.165) is 5.56 Å². The Morgan fingerprint density at radius 3 is 2.46 bits per heavy atom. The van der Waals surface area contributed by atoms with Crippen molar-refractivity contribution in [1.82, 2.24) is 5.43 Å². The van der Waals surface area contributed by atoms with Crippen LogP contribution in [-0.2, 0) is 9.59 Å². The summed E-state index contributed by atoms with van der Waals surface area (Å²) in [5.74, 6) is -1.77. The maximum Gasteiger partial charge on any atom is 0.329 e. The minimum atomic E-state index is -0.911. The highest BCUT2D eigenvalue weighted by molar-refractivity contribution is 6.42. The summed E-state index contributed by atoms with van der Waals surface area (Å²) in [4.78, 5) is 23.6. The Hall–Kier alpha value is -2.08. The SMILES string of the molecule is Cc1ccc(Cl)cc1NC(=O)C(=O)NN=Cc1ccc(Cl)c(Cl)c1. The molecule has 0 bridgehead atoms. The number of rotatable bonds is 3. The number of amides is 2. The Morgan fingerprint density at radius 1 is 1.00 bits per heavy atom. The molecule has 0 radical (unpaired) electrons. The van der Waals surface area contributed by atoms with Crippen LogP contribution in [0.15, 0.2) is 41.5 Å². The molecule has 0 aromatic heterocycles. The molecule has 24 heavy (non-hydrogen) atoms. The van der Waals surface area contributed by atoms with Gasteiger partial charge in [-0.2, -0.15) is 5.10 Å². The molecule has 0 saturated carbocycles. The van der Waals surface area contributed by atoms with Crippen molar-refractivity contribution in [3.05, 3.63) is 62.6 Å². The minimum Gasteiger partial charge on any atom is -0.317 e. The van der Waals surface area contributed by atoms with Crippen LogP contribution in [0, 0.1) is 6.92 Å². The predicted molar refractivity (Wildman–Crippen MR) is 97.0 cm³/mol. The molecule has 0 heterocycles. The van der Waals surface area contributed by atoms with Crippen LogP contribution in [0.4, 0.5) is 5.69 Å². The summed E-state index contributed by atoms with van der Waals surface area (Å²) in [7, 11) is 0. The third-order valence-electron chi connectivity index (χ3n) is 2.98. The number of nitrogens with zero attached hydrogens (tertiary/aromatic N) is 1. The van der Waals surface area contributed by atoms with Gasteiger partial charge in [0.25, 0.3) is 0 Å². The molecular weight excluding hydrogens is 373 g/mol. The van der Waals surface area contributed by atoms with Crippen molar-refractivity contribution in [2.75, 3.05) is 5.32 Å². The molecule has 0 saturated heterocycles. The van der Waals surface area contributed by atoms with Crippen molar-refractivity contribution in [3.63, 3.8) is 0 Å². The summed E-state index contributed by atoms with van der Waals surface area (Å²) in [5, 5.41) is 7.40. The van der Waals surface area contributed by atoms with E-state index in [9.17, 15) is 9.59 Å². The third-order valence-corrected chi connectivity index (χ3v) is 3.95. The molecule has 124 valence electrons. The highest BCUT2D eigenvalue weighted by Crippen LogP contribution is 2.22. The lowest BCUT2D eigenvalue weighted by Gasteiger charge is -2.07. The first-order valence-electron chi connectivity index (χ1n) is 6.72. The first kappa shape index (κ1) is 18.3. The van der Waals surface area contributed by atoms with Crippen LogP contribution in [0.3, 0.4) is 0 Å². The van der Waals surface area contributed by atoms with Crippen LogP contribution in [0.25, 0.3) is 0 Å². The molecule has 2 N–H and O–H groups in total. The van der Waals surface area contributed by atoms with Crippen LogP contribution in [0.5, 0.6) is 0 Å². The number of aryl methyl sites for hydroxylation is 1. The molecule has 0 aliphatic heterocycles. The first-order valence-corrected chi connectivity index (χ1v) is 7.86. The second kappa shape index (κ2) is 8.15. The molecule has 0 atom stereocenters. The van der Waals surface area contributed by atoms with E-state index in [1.54, 1.807) is 43.3 Å². The quantitative estimate of drug-likeness (QED) is 0.476. The fourth-order valence-corrected chi connectivity index (χ4v) is 2.20. The Balaban J connectivity index is 1.96. The van der Waals surface area contributed by atoms with E-state index < -0.39 is 11.8 Å². The van der Waals surface area contributed by atoms with Crippen molar-refractivity contribution in [2.24, 2.45) is 5.10 Å². The number of hydrogen-bond acceptors (Lipinski definition) is 3. The van der Waals surface area contributed by atoms with Crippen molar-refractivity contribution in [1.29, 1.82) is 0 Å². The summed E-state index contributed by atoms with van der Waals surface area (Å²) in [6, 6.07) is 9.82. The van der Waals surface area contributed by atoms with E-state index >= 15 is 0 Å². The fraction of sp³-hybridized carbons (Fsp3) is 0.0625. The van der Waals surface area contributed by atoms with E-state index in [2.05, 4.69) is 15.8 Å². The summed E-state index contributed by atoms with van der Waals surface area (Å²) in [6.45, 7) is 1.78. The van der Waals surface area contributed by atoms with E-state index in [4.69, 9.17) is 34.8 Å². The monoisotopic (exact) mass is 383 g/mol. The van der Waals surface area contributed by atoms with E-state index in [1.807, 2.05) is 0 Å². The molecule has 8 heteroatoms. The topological polar surface area (TPSA) is 70.6 Å². The molecule has 2 aromatic rings. The summed E-state index contributed by atoms with van der Waals surface area (Å²) in [5.41, 5.74) is 3.98. The Kier molecular flexibility index (Phi) is 6.20. The number of halogens is 3. The Bertz CT molecular complexity index is 822. The van der Waals surface area contributed by atoms with Crippen molar-refractivity contribution in [3.8, 4) is 0 Å². The van der Waals surface area contributed by atoms with Crippen LogP contribution in [-0.4, -0.2) is 18.0 Å². The van der Waals surface area contributed by atoms with Gasteiger partial charge in [-0.3, -0.25) is 9.59 Å². The van der Waals surface area contributed by atoms with Crippen LogP contribution in [0.1, 0.15) is 11.1 Å². The average molecular weight is 385 g/mol. The van der Waals surface area contributed by atoms with Gasteiger partial charge in [0.2, 0.25) is 0 Å². The van der Waals surface area contributed by atoms with Crippen LogP contribution < -0.4 is 10.7 Å². The van der Waals surface area contributed by atoms with Gasteiger partial charge < -0.3 is 5.32 Å². The summed E-state index contributed by atoms with van der Waals surface area (Å²) < 4.78 is 0. The van der Waals surface area contributed by atoms with Crippen LogP contribution >= 0.6 is 34.8 Å². The fourth-order valence-electron chi connectivity index (χ4n) is 1.72. The minimum absolute atomic E-state index is 0.362. The number of carbonyl (C=O) groups excluding carboxylic acids is 2. The number of hydrazone groups is 1. The number of benzene rings is 2.